The molecule has 0 N–H and O–H groups in total. The lowest BCUT2D eigenvalue weighted by Crippen LogP contribution is -1.99. The summed E-state index contributed by atoms with van der Waals surface area (Å²) in [6, 6.07) is 12.7. The van der Waals surface area contributed by atoms with Crippen LogP contribution in [0.1, 0.15) is 0 Å². The molecule has 0 radical (unpaired) electrons. The first-order valence-corrected chi connectivity index (χ1v) is 6.83. The number of hydrogen-bond donors (Lipinski definition) is 0. The van der Waals surface area contributed by atoms with Gasteiger partial charge in [0.15, 0.2) is 5.82 Å². The molecule has 5 nitrogen and oxygen atoms in total. The van der Waals surface area contributed by atoms with Crippen LogP contribution in [0.15, 0.2) is 42.5 Å². The van der Waals surface area contributed by atoms with Gasteiger partial charge in [-0.3, -0.25) is 0 Å². The number of rotatable bonds is 3. The zero-order chi connectivity index (χ0) is 14.8. The molecule has 0 saturated carbocycles. The van der Waals surface area contributed by atoms with E-state index >= 15 is 0 Å². The maximum absolute atomic E-state index is 6.04. The van der Waals surface area contributed by atoms with Crippen LogP contribution in [-0.4, -0.2) is 27.3 Å². The van der Waals surface area contributed by atoms with Crippen molar-refractivity contribution in [1.29, 1.82) is 0 Å². The van der Waals surface area contributed by atoms with E-state index in [1.54, 1.807) is 30.0 Å². The molecule has 7 heteroatoms. The number of hydrogen-bond acceptors (Lipinski definition) is 4. The van der Waals surface area contributed by atoms with E-state index in [0.29, 0.717) is 15.9 Å². The molecule has 1 heterocycles. The first kappa shape index (κ1) is 13.9. The second-order valence-electron chi connectivity index (χ2n) is 4.24. The Bertz CT molecular complexity index is 771. The van der Waals surface area contributed by atoms with Gasteiger partial charge >= 0.3 is 0 Å². The topological polar surface area (TPSA) is 52.8 Å². The van der Waals surface area contributed by atoms with Crippen LogP contribution in [0.3, 0.4) is 0 Å². The Morgan fingerprint density at radius 3 is 2.43 bits per heavy atom. The predicted molar refractivity (Wildman–Crippen MR) is 81.2 cm³/mol. The standard InChI is InChI=1S/C14H10Cl2N4O/c1-21-11-5-2-9(3-6-11)14-17-18-19-20(14)10-4-7-12(15)13(16)8-10/h2-8H,1H3. The molecule has 3 rings (SSSR count). The van der Waals surface area contributed by atoms with Gasteiger partial charge in [-0.25, -0.2) is 0 Å². The number of benzene rings is 2. The molecule has 0 bridgehead atoms. The Morgan fingerprint density at radius 1 is 1.00 bits per heavy atom. The molecule has 0 aliphatic rings. The van der Waals surface area contributed by atoms with Gasteiger partial charge in [0.2, 0.25) is 0 Å². The molecular weight excluding hydrogens is 311 g/mol. The van der Waals surface area contributed by atoms with Crippen molar-refractivity contribution in [3.05, 3.63) is 52.5 Å². The van der Waals surface area contributed by atoms with Crippen molar-refractivity contribution in [2.45, 2.75) is 0 Å². The molecule has 1 aromatic heterocycles. The fourth-order valence-corrected chi connectivity index (χ4v) is 2.19. The van der Waals surface area contributed by atoms with Crippen molar-refractivity contribution < 1.29 is 4.74 Å². The minimum Gasteiger partial charge on any atom is -0.497 e. The second kappa shape index (κ2) is 5.71. The van der Waals surface area contributed by atoms with Crippen molar-refractivity contribution in [3.8, 4) is 22.8 Å². The zero-order valence-corrected chi connectivity index (χ0v) is 12.5. The summed E-state index contributed by atoms with van der Waals surface area (Å²) in [4.78, 5) is 0. The van der Waals surface area contributed by atoms with Crippen LogP contribution in [0.2, 0.25) is 10.0 Å². The van der Waals surface area contributed by atoms with Crippen LogP contribution in [0.4, 0.5) is 0 Å². The van der Waals surface area contributed by atoms with Crippen LogP contribution in [0.25, 0.3) is 17.1 Å². The van der Waals surface area contributed by atoms with Gasteiger partial charge in [0, 0.05) is 5.56 Å². The predicted octanol–water partition coefficient (Wildman–Crippen LogP) is 3.64. The van der Waals surface area contributed by atoms with Gasteiger partial charge in [0.05, 0.1) is 22.8 Å². The van der Waals surface area contributed by atoms with E-state index in [2.05, 4.69) is 15.5 Å². The van der Waals surface area contributed by atoms with Crippen molar-refractivity contribution in [2.24, 2.45) is 0 Å². The SMILES string of the molecule is COc1ccc(-c2nnnn2-c2ccc(Cl)c(Cl)c2)cc1. The summed E-state index contributed by atoms with van der Waals surface area (Å²) in [5.41, 5.74) is 1.60. The van der Waals surface area contributed by atoms with Crippen molar-refractivity contribution in [1.82, 2.24) is 20.2 Å². The lowest BCUT2D eigenvalue weighted by Gasteiger charge is -2.06. The van der Waals surface area contributed by atoms with Crippen LogP contribution in [0.5, 0.6) is 5.75 Å². The second-order valence-corrected chi connectivity index (χ2v) is 5.06. The number of tetrazole rings is 1. The van der Waals surface area contributed by atoms with Crippen molar-refractivity contribution in [3.63, 3.8) is 0 Å². The summed E-state index contributed by atoms with van der Waals surface area (Å²) in [7, 11) is 1.62. The van der Waals surface area contributed by atoms with Gasteiger partial charge in [-0.15, -0.1) is 5.10 Å². The molecule has 21 heavy (non-hydrogen) atoms. The number of aromatic nitrogens is 4. The molecule has 0 aliphatic heterocycles. The van der Waals surface area contributed by atoms with Crippen LogP contribution >= 0.6 is 23.2 Å². The molecule has 0 amide bonds. The van der Waals surface area contributed by atoms with E-state index in [1.165, 1.54) is 0 Å². The minimum absolute atomic E-state index is 0.449. The van der Waals surface area contributed by atoms with E-state index in [0.717, 1.165) is 17.0 Å². The lowest BCUT2D eigenvalue weighted by molar-refractivity contribution is 0.415. The van der Waals surface area contributed by atoms with Crippen LogP contribution in [-0.2, 0) is 0 Å². The van der Waals surface area contributed by atoms with Gasteiger partial charge in [-0.05, 0) is 52.9 Å². The number of ether oxygens (including phenoxy) is 1. The minimum atomic E-state index is 0.449. The number of halogens is 2. The molecule has 3 aromatic rings. The molecule has 0 spiro atoms. The molecule has 0 aliphatic carbocycles. The lowest BCUT2D eigenvalue weighted by atomic mass is 10.2. The summed E-state index contributed by atoms with van der Waals surface area (Å²) < 4.78 is 6.74. The Labute approximate surface area is 131 Å². The van der Waals surface area contributed by atoms with E-state index in [4.69, 9.17) is 27.9 Å². The molecule has 2 aromatic carbocycles. The van der Waals surface area contributed by atoms with Crippen molar-refractivity contribution in [2.75, 3.05) is 7.11 Å². The zero-order valence-electron chi connectivity index (χ0n) is 11.0. The maximum Gasteiger partial charge on any atom is 0.187 e. The van der Waals surface area contributed by atoms with E-state index < -0.39 is 0 Å². The number of nitrogens with zero attached hydrogens (tertiary/aromatic N) is 4. The highest BCUT2D eigenvalue weighted by atomic mass is 35.5. The largest absolute Gasteiger partial charge is 0.497 e. The molecule has 0 saturated heterocycles. The third kappa shape index (κ3) is 2.70. The van der Waals surface area contributed by atoms with E-state index in [9.17, 15) is 0 Å². The molecule has 106 valence electrons. The maximum atomic E-state index is 6.04. The van der Waals surface area contributed by atoms with Crippen molar-refractivity contribution >= 4 is 23.2 Å². The molecule has 0 fully saturated rings. The Kier molecular flexibility index (Phi) is 3.77. The van der Waals surface area contributed by atoms with Gasteiger partial charge in [0.25, 0.3) is 0 Å². The van der Waals surface area contributed by atoms with Gasteiger partial charge < -0.3 is 4.74 Å². The Hall–Kier alpha value is -2.11. The normalized spacial score (nSPS) is 10.6. The summed E-state index contributed by atoms with van der Waals surface area (Å²) in [6.07, 6.45) is 0. The molecule has 0 atom stereocenters. The summed E-state index contributed by atoms with van der Waals surface area (Å²) in [5.74, 6) is 1.38. The van der Waals surface area contributed by atoms with Crippen LogP contribution in [0, 0.1) is 0 Å². The Morgan fingerprint density at radius 2 is 1.76 bits per heavy atom. The third-order valence-electron chi connectivity index (χ3n) is 2.97. The van der Waals surface area contributed by atoms with Gasteiger partial charge in [0.1, 0.15) is 5.75 Å². The monoisotopic (exact) mass is 320 g/mol. The summed E-state index contributed by atoms with van der Waals surface area (Å²) >= 11 is 12.0. The quantitative estimate of drug-likeness (QED) is 0.739. The summed E-state index contributed by atoms with van der Waals surface area (Å²) in [5, 5.41) is 12.7. The fraction of sp³-hybridized carbons (Fsp3) is 0.0714. The highest BCUT2D eigenvalue weighted by Gasteiger charge is 2.12. The van der Waals surface area contributed by atoms with Gasteiger partial charge in [-0.2, -0.15) is 4.68 Å². The average Bonchev–Trinajstić information content (AvgIpc) is 2.99. The first-order valence-electron chi connectivity index (χ1n) is 6.07. The van der Waals surface area contributed by atoms with Crippen LogP contribution < -0.4 is 4.74 Å². The van der Waals surface area contributed by atoms with E-state index in [-0.39, 0.29) is 0 Å². The van der Waals surface area contributed by atoms with E-state index in [1.807, 2.05) is 24.3 Å². The van der Waals surface area contributed by atoms with Gasteiger partial charge in [-0.1, -0.05) is 23.2 Å². The average molecular weight is 321 g/mol. The highest BCUT2D eigenvalue weighted by molar-refractivity contribution is 6.42. The molecular formula is C14H10Cl2N4O. The molecule has 0 unspecified atom stereocenters. The Balaban J connectivity index is 2.05. The first-order chi connectivity index (χ1) is 10.2. The highest BCUT2D eigenvalue weighted by Crippen LogP contribution is 2.27. The fourth-order valence-electron chi connectivity index (χ4n) is 1.90. The third-order valence-corrected chi connectivity index (χ3v) is 3.70. The number of methoxy groups -OCH3 is 1. The summed E-state index contributed by atoms with van der Waals surface area (Å²) in [6.45, 7) is 0. The smallest absolute Gasteiger partial charge is 0.187 e.